The second kappa shape index (κ2) is 11.9. The van der Waals surface area contributed by atoms with Crippen molar-refractivity contribution in [3.8, 4) is 56.4 Å². The number of fused-ring (bicyclic) bond motifs is 5. The zero-order valence-corrected chi connectivity index (χ0v) is 27.5. The maximum Gasteiger partial charge on any atom is 0.164 e. The molecule has 0 saturated heterocycles. The van der Waals surface area contributed by atoms with Crippen molar-refractivity contribution in [2.24, 2.45) is 0 Å². The molecule has 2 aromatic heterocycles. The molecule has 0 atom stereocenters. The Bertz CT molecular complexity index is 2910. The summed E-state index contributed by atoms with van der Waals surface area (Å²) in [6.45, 7) is 0. The predicted molar refractivity (Wildman–Crippen MR) is 209 cm³/mol. The highest BCUT2D eigenvalue weighted by atomic mass is 16.3. The molecule has 8 aromatic carbocycles. The Labute approximate surface area is 294 Å². The predicted octanol–water partition coefficient (Wildman–Crippen LogP) is 12.4. The van der Waals surface area contributed by atoms with E-state index >= 15 is 0 Å². The SMILES string of the molecule is c1ccc(-c2ccc3cc(-c4nc(-c5ccccc5)nc(-c5cccc6oc7cc(-c8ccc9ccccc9c8)ccc7c56)n4)ccc3c2)cc1. The van der Waals surface area contributed by atoms with Gasteiger partial charge in [0.15, 0.2) is 17.5 Å². The Morgan fingerprint density at radius 2 is 0.843 bits per heavy atom. The molecule has 4 heteroatoms. The second-order valence-electron chi connectivity index (χ2n) is 12.9. The fraction of sp³-hybridized carbons (Fsp3) is 0. The Morgan fingerprint density at radius 1 is 0.314 bits per heavy atom. The lowest BCUT2D eigenvalue weighted by atomic mass is 9.99. The molecule has 0 radical (unpaired) electrons. The van der Waals surface area contributed by atoms with Crippen LogP contribution in [0.4, 0.5) is 0 Å². The molecule has 0 saturated carbocycles. The molecule has 0 N–H and O–H groups in total. The fourth-order valence-electron chi connectivity index (χ4n) is 7.10. The van der Waals surface area contributed by atoms with E-state index in [1.54, 1.807) is 0 Å². The summed E-state index contributed by atoms with van der Waals surface area (Å²) in [5, 5.41) is 6.73. The van der Waals surface area contributed by atoms with Crippen molar-refractivity contribution < 1.29 is 4.42 Å². The number of nitrogens with zero attached hydrogens (tertiary/aromatic N) is 3. The van der Waals surface area contributed by atoms with E-state index in [9.17, 15) is 0 Å². The second-order valence-corrected chi connectivity index (χ2v) is 12.9. The van der Waals surface area contributed by atoms with E-state index in [0.29, 0.717) is 17.5 Å². The standard InChI is InChI=1S/C47H29N3O/c1-3-10-30(11-4-1)34-20-21-37-28-39(23-22-35(37)27-34)46-48-45(32-13-5-2-6-14-32)49-47(50-46)41-16-9-17-42-44(41)40-25-24-38(29-43(40)51-42)36-19-18-31-12-7-8-15-33(31)26-36/h1-29H. The highest BCUT2D eigenvalue weighted by Crippen LogP contribution is 2.39. The average molecular weight is 652 g/mol. The first-order valence-electron chi connectivity index (χ1n) is 17.1. The van der Waals surface area contributed by atoms with E-state index in [2.05, 4.69) is 127 Å². The first kappa shape index (κ1) is 29.0. The van der Waals surface area contributed by atoms with Gasteiger partial charge in [-0.1, -0.05) is 140 Å². The summed E-state index contributed by atoms with van der Waals surface area (Å²) in [6, 6.07) is 61.1. The maximum atomic E-state index is 6.51. The normalized spacial score (nSPS) is 11.5. The third kappa shape index (κ3) is 5.22. The van der Waals surface area contributed by atoms with Crippen molar-refractivity contribution in [1.82, 2.24) is 15.0 Å². The molecule has 10 aromatic rings. The first-order valence-corrected chi connectivity index (χ1v) is 17.1. The Hall–Kier alpha value is -6.91. The van der Waals surface area contributed by atoms with Crippen LogP contribution in [0.1, 0.15) is 0 Å². The largest absolute Gasteiger partial charge is 0.456 e. The number of hydrogen-bond acceptors (Lipinski definition) is 4. The van der Waals surface area contributed by atoms with Gasteiger partial charge in [-0.3, -0.25) is 0 Å². The first-order chi connectivity index (χ1) is 25.2. The van der Waals surface area contributed by atoms with Crippen molar-refractivity contribution in [1.29, 1.82) is 0 Å². The van der Waals surface area contributed by atoms with E-state index in [4.69, 9.17) is 19.4 Å². The average Bonchev–Trinajstić information content (AvgIpc) is 3.59. The third-order valence-electron chi connectivity index (χ3n) is 9.69. The lowest BCUT2D eigenvalue weighted by molar-refractivity contribution is 0.669. The van der Waals surface area contributed by atoms with Gasteiger partial charge in [0.25, 0.3) is 0 Å². The van der Waals surface area contributed by atoms with Crippen LogP contribution in [-0.2, 0) is 0 Å². The quantitative estimate of drug-likeness (QED) is 0.186. The lowest BCUT2D eigenvalue weighted by Gasteiger charge is -2.10. The Morgan fingerprint density at radius 3 is 1.61 bits per heavy atom. The molecule has 238 valence electrons. The minimum Gasteiger partial charge on any atom is -0.456 e. The van der Waals surface area contributed by atoms with Crippen LogP contribution in [0.15, 0.2) is 180 Å². The monoisotopic (exact) mass is 651 g/mol. The van der Waals surface area contributed by atoms with Crippen molar-refractivity contribution in [3.05, 3.63) is 176 Å². The smallest absolute Gasteiger partial charge is 0.164 e. The van der Waals surface area contributed by atoms with Gasteiger partial charge < -0.3 is 4.42 Å². The molecule has 0 aliphatic carbocycles. The third-order valence-corrected chi connectivity index (χ3v) is 9.69. The van der Waals surface area contributed by atoms with Crippen LogP contribution < -0.4 is 0 Å². The molecule has 0 bridgehead atoms. The van der Waals surface area contributed by atoms with Gasteiger partial charge in [-0.05, 0) is 80.2 Å². The van der Waals surface area contributed by atoms with Gasteiger partial charge in [0.2, 0.25) is 0 Å². The molecule has 4 nitrogen and oxygen atoms in total. The van der Waals surface area contributed by atoms with Crippen LogP contribution in [0.5, 0.6) is 0 Å². The molecule has 0 unspecified atom stereocenters. The zero-order chi connectivity index (χ0) is 33.7. The maximum absolute atomic E-state index is 6.51. The molecule has 0 spiro atoms. The molecule has 0 fully saturated rings. The van der Waals surface area contributed by atoms with Crippen molar-refractivity contribution in [2.45, 2.75) is 0 Å². The number of furan rings is 1. The number of rotatable bonds is 5. The van der Waals surface area contributed by atoms with Crippen LogP contribution in [0.3, 0.4) is 0 Å². The summed E-state index contributed by atoms with van der Waals surface area (Å²) in [6.07, 6.45) is 0. The van der Waals surface area contributed by atoms with E-state index < -0.39 is 0 Å². The van der Waals surface area contributed by atoms with Crippen molar-refractivity contribution >= 4 is 43.5 Å². The molecule has 2 heterocycles. The highest BCUT2D eigenvalue weighted by molar-refractivity contribution is 6.12. The van der Waals surface area contributed by atoms with Gasteiger partial charge in [-0.2, -0.15) is 0 Å². The van der Waals surface area contributed by atoms with Crippen molar-refractivity contribution in [3.63, 3.8) is 0 Å². The molecule has 0 aliphatic heterocycles. The van der Waals surface area contributed by atoms with E-state index in [-0.39, 0.29) is 0 Å². The molecule has 51 heavy (non-hydrogen) atoms. The van der Waals surface area contributed by atoms with Gasteiger partial charge in [-0.15, -0.1) is 0 Å². The van der Waals surface area contributed by atoms with Gasteiger partial charge in [-0.25, -0.2) is 15.0 Å². The van der Waals surface area contributed by atoms with Crippen molar-refractivity contribution in [2.75, 3.05) is 0 Å². The summed E-state index contributed by atoms with van der Waals surface area (Å²) in [7, 11) is 0. The highest BCUT2D eigenvalue weighted by Gasteiger charge is 2.18. The van der Waals surface area contributed by atoms with Crippen LogP contribution in [0.2, 0.25) is 0 Å². The molecule has 10 rings (SSSR count). The molecule has 0 aliphatic rings. The van der Waals surface area contributed by atoms with Crippen LogP contribution >= 0.6 is 0 Å². The summed E-state index contributed by atoms with van der Waals surface area (Å²) < 4.78 is 6.51. The summed E-state index contributed by atoms with van der Waals surface area (Å²) in [5.41, 5.74) is 9.02. The summed E-state index contributed by atoms with van der Waals surface area (Å²) in [4.78, 5) is 15.2. The Balaban J connectivity index is 1.11. The van der Waals surface area contributed by atoms with E-state index in [1.165, 1.54) is 21.9 Å². The van der Waals surface area contributed by atoms with Gasteiger partial charge in [0, 0.05) is 27.5 Å². The van der Waals surface area contributed by atoms with Gasteiger partial charge >= 0.3 is 0 Å². The van der Waals surface area contributed by atoms with Crippen LogP contribution in [0, 0.1) is 0 Å². The van der Waals surface area contributed by atoms with E-state index in [0.717, 1.165) is 60.5 Å². The lowest BCUT2D eigenvalue weighted by Crippen LogP contribution is -2.00. The number of benzene rings is 8. The summed E-state index contributed by atoms with van der Waals surface area (Å²) >= 11 is 0. The number of hydrogen-bond donors (Lipinski definition) is 0. The zero-order valence-electron chi connectivity index (χ0n) is 27.5. The minimum absolute atomic E-state index is 0.602. The minimum atomic E-state index is 0.602. The molecular weight excluding hydrogens is 623 g/mol. The number of aromatic nitrogens is 3. The van der Waals surface area contributed by atoms with Gasteiger partial charge in [0.1, 0.15) is 11.2 Å². The Kier molecular flexibility index (Phi) is 6.78. The topological polar surface area (TPSA) is 51.8 Å². The van der Waals surface area contributed by atoms with Crippen LogP contribution in [-0.4, -0.2) is 15.0 Å². The van der Waals surface area contributed by atoms with Crippen LogP contribution in [0.25, 0.3) is 99.9 Å². The fourth-order valence-corrected chi connectivity index (χ4v) is 7.10. The molecule has 0 amide bonds. The summed E-state index contributed by atoms with van der Waals surface area (Å²) in [5.74, 6) is 1.85. The van der Waals surface area contributed by atoms with E-state index in [1.807, 2.05) is 48.5 Å². The molecular formula is C47H29N3O. The van der Waals surface area contributed by atoms with Gasteiger partial charge in [0.05, 0.1) is 0 Å².